The number of aliphatic hydroxyl groups excluding tert-OH is 2. The summed E-state index contributed by atoms with van der Waals surface area (Å²) in [4.78, 5) is 31.5. The third-order valence-corrected chi connectivity index (χ3v) is 5.72. The van der Waals surface area contributed by atoms with E-state index in [4.69, 9.17) is 10.5 Å². The van der Waals surface area contributed by atoms with Crippen molar-refractivity contribution in [2.24, 2.45) is 0 Å². The predicted octanol–water partition coefficient (Wildman–Crippen LogP) is -2.12. The number of rotatable bonds is 6. The number of nitrogens with one attached hydrogen (secondary N) is 1. The average Bonchev–Trinajstić information content (AvgIpc) is 3.06. The Morgan fingerprint density at radius 2 is 2.07 bits per heavy atom. The summed E-state index contributed by atoms with van der Waals surface area (Å²) >= 11 is 0. The van der Waals surface area contributed by atoms with E-state index in [9.17, 15) is 32.6 Å². The number of hydrogen-bond donors (Lipinski definition) is 4. The molecule has 3 rings (SSSR count). The molecule has 0 aromatic carbocycles. The van der Waals surface area contributed by atoms with E-state index in [2.05, 4.69) is 9.97 Å². The lowest BCUT2D eigenvalue weighted by Crippen LogP contribution is -2.36. The van der Waals surface area contributed by atoms with Crippen molar-refractivity contribution in [2.75, 3.05) is 17.7 Å². The van der Waals surface area contributed by atoms with Gasteiger partial charge < -0.3 is 20.7 Å². The Kier molecular flexibility index (Phi) is 5.55. The summed E-state index contributed by atoms with van der Waals surface area (Å²) in [6, 6.07) is 0. The van der Waals surface area contributed by atoms with Gasteiger partial charge in [-0.05, 0) is 6.42 Å². The lowest BCUT2D eigenvalue weighted by atomic mass is 10.1. The summed E-state index contributed by atoms with van der Waals surface area (Å²) in [6.45, 7) is 1.21. The van der Waals surface area contributed by atoms with Gasteiger partial charge in [-0.2, -0.15) is 4.98 Å². The first-order valence-corrected chi connectivity index (χ1v) is 10.9. The van der Waals surface area contributed by atoms with Crippen LogP contribution in [0.25, 0.3) is 11.2 Å². The van der Waals surface area contributed by atoms with E-state index in [1.165, 1.54) is 0 Å². The number of fused-ring (bicyclic) bond motifs is 1. The third-order valence-electron chi connectivity index (χ3n) is 4.80. The summed E-state index contributed by atoms with van der Waals surface area (Å²) in [5.41, 5.74) is 3.21. The molecule has 1 fully saturated rings. The molecule has 0 bridgehead atoms. The predicted molar refractivity (Wildman–Crippen MR) is 99.8 cm³/mol. The van der Waals surface area contributed by atoms with Crippen molar-refractivity contribution in [1.29, 1.82) is 0 Å². The number of alkyl halides is 1. The van der Waals surface area contributed by atoms with Crippen LogP contribution in [0.5, 0.6) is 0 Å². The highest BCUT2D eigenvalue weighted by atomic mass is 32.2. The number of aromatic amines is 1. The quantitative estimate of drug-likeness (QED) is 0.394. The van der Waals surface area contributed by atoms with Gasteiger partial charge in [-0.3, -0.25) is 14.3 Å². The summed E-state index contributed by atoms with van der Waals surface area (Å²) in [5, 5.41) is 20.2. The molecule has 1 saturated heterocycles. The number of sulfone groups is 1. The maximum absolute atomic E-state index is 14.5. The molecule has 1 unspecified atom stereocenters. The number of aromatic nitrogens is 4. The number of H-pyrrole nitrogens is 1. The van der Waals surface area contributed by atoms with Crippen LogP contribution in [-0.2, 0) is 21.1 Å². The molecule has 2 aromatic rings. The molecule has 5 atom stereocenters. The Hall–Kier alpha value is -2.29. The van der Waals surface area contributed by atoms with Crippen molar-refractivity contribution in [1.82, 2.24) is 19.1 Å². The van der Waals surface area contributed by atoms with Crippen LogP contribution in [0, 0.1) is 0 Å². The number of nitrogens with two attached hydrogens (primary N) is 1. The molecule has 0 radical (unpaired) electrons. The van der Waals surface area contributed by atoms with E-state index < -0.39 is 57.6 Å². The van der Waals surface area contributed by atoms with E-state index in [1.807, 2.05) is 0 Å². The van der Waals surface area contributed by atoms with E-state index in [-0.39, 0.29) is 30.1 Å². The van der Waals surface area contributed by atoms with Crippen LogP contribution in [0.2, 0.25) is 0 Å². The first kappa shape index (κ1) is 21.4. The molecule has 0 saturated carbocycles. The Labute approximate surface area is 163 Å². The number of aryl methyl sites for hydroxylation is 1. The first-order valence-electron chi connectivity index (χ1n) is 8.80. The largest absolute Gasteiger partial charge is 0.390 e. The molecule has 162 valence electrons. The lowest BCUT2D eigenvalue weighted by Gasteiger charge is -2.18. The molecule has 29 heavy (non-hydrogen) atoms. The number of aliphatic hydroxyl groups is 2. The smallest absolute Gasteiger partial charge is 0.332 e. The van der Waals surface area contributed by atoms with Gasteiger partial charge >= 0.3 is 5.69 Å². The summed E-state index contributed by atoms with van der Waals surface area (Å²) in [6.07, 6.45) is -6.97. The van der Waals surface area contributed by atoms with Crippen LogP contribution in [-0.4, -0.2) is 74.2 Å². The van der Waals surface area contributed by atoms with Gasteiger partial charge in [-0.15, -0.1) is 0 Å². The maximum atomic E-state index is 14.5. The molecular weight excluding hydrogens is 413 g/mol. The standard InChI is InChI=1S/C15H22FN5O7S/c1-3-6(22)10-7(16)9(23)13(28-10)21-11-8(12(24)19-14(17)18-11)20(15(21)25)4-5-29(2,26)27/h6-7,9-10,13,22-23H,3-5H2,1-2H3,(H3,17,18,19,24)/t6?,7-,9-,10-,13-/m1/s1. The van der Waals surface area contributed by atoms with E-state index in [0.717, 1.165) is 15.4 Å². The monoisotopic (exact) mass is 435 g/mol. The molecule has 2 aromatic heterocycles. The molecule has 14 heteroatoms. The molecule has 0 amide bonds. The van der Waals surface area contributed by atoms with Crippen LogP contribution < -0.4 is 17.0 Å². The van der Waals surface area contributed by atoms with Crippen LogP contribution in [0.4, 0.5) is 10.3 Å². The zero-order valence-corrected chi connectivity index (χ0v) is 16.5. The highest BCUT2D eigenvalue weighted by molar-refractivity contribution is 7.90. The van der Waals surface area contributed by atoms with Crippen LogP contribution in [0.15, 0.2) is 9.59 Å². The molecule has 1 aliphatic heterocycles. The second-order valence-electron chi connectivity index (χ2n) is 6.96. The second kappa shape index (κ2) is 7.51. The van der Waals surface area contributed by atoms with E-state index >= 15 is 0 Å². The normalized spacial score (nSPS) is 26.2. The fraction of sp³-hybridized carbons (Fsp3) is 0.667. The molecule has 0 aliphatic carbocycles. The van der Waals surface area contributed by atoms with Crippen LogP contribution >= 0.6 is 0 Å². The molecule has 12 nitrogen and oxygen atoms in total. The number of hydrogen-bond acceptors (Lipinski definition) is 9. The van der Waals surface area contributed by atoms with Crippen molar-refractivity contribution in [3.8, 4) is 0 Å². The Morgan fingerprint density at radius 3 is 2.66 bits per heavy atom. The lowest BCUT2D eigenvalue weighted by molar-refractivity contribution is -0.0799. The molecule has 1 aliphatic rings. The summed E-state index contributed by atoms with van der Waals surface area (Å²) in [5.74, 6) is -0.793. The van der Waals surface area contributed by atoms with Crippen molar-refractivity contribution in [2.45, 2.75) is 50.6 Å². The zero-order valence-electron chi connectivity index (χ0n) is 15.6. The van der Waals surface area contributed by atoms with Gasteiger partial charge in [0.1, 0.15) is 22.0 Å². The van der Waals surface area contributed by atoms with Crippen LogP contribution in [0.1, 0.15) is 19.6 Å². The van der Waals surface area contributed by atoms with Gasteiger partial charge in [0, 0.05) is 12.8 Å². The minimum Gasteiger partial charge on any atom is -0.390 e. The molecule has 5 N–H and O–H groups in total. The zero-order chi connectivity index (χ0) is 21.7. The number of imidazole rings is 1. The Balaban J connectivity index is 2.19. The highest BCUT2D eigenvalue weighted by Crippen LogP contribution is 2.34. The summed E-state index contributed by atoms with van der Waals surface area (Å²) in [7, 11) is -3.48. The minimum absolute atomic E-state index is 0.139. The molecule has 0 spiro atoms. The highest BCUT2D eigenvalue weighted by Gasteiger charge is 2.49. The number of halogens is 1. The van der Waals surface area contributed by atoms with Crippen molar-refractivity contribution in [3.05, 3.63) is 20.8 Å². The van der Waals surface area contributed by atoms with Gasteiger partial charge in [-0.25, -0.2) is 22.2 Å². The van der Waals surface area contributed by atoms with Gasteiger partial charge in [0.15, 0.2) is 23.6 Å². The number of ether oxygens (including phenoxy) is 1. The number of nitrogens with zero attached hydrogens (tertiary/aromatic N) is 3. The van der Waals surface area contributed by atoms with Crippen LogP contribution in [0.3, 0.4) is 0 Å². The van der Waals surface area contributed by atoms with E-state index in [0.29, 0.717) is 0 Å². The molecule has 3 heterocycles. The van der Waals surface area contributed by atoms with Crippen molar-refractivity contribution in [3.63, 3.8) is 0 Å². The summed E-state index contributed by atoms with van der Waals surface area (Å²) < 4.78 is 44.6. The number of anilines is 1. The molecular formula is C15H22FN5O7S. The maximum Gasteiger partial charge on any atom is 0.332 e. The van der Waals surface area contributed by atoms with Gasteiger partial charge in [0.25, 0.3) is 5.56 Å². The van der Waals surface area contributed by atoms with E-state index in [1.54, 1.807) is 6.92 Å². The minimum atomic E-state index is -3.48. The first-order chi connectivity index (χ1) is 13.5. The van der Waals surface area contributed by atoms with Crippen molar-refractivity contribution >= 4 is 26.9 Å². The fourth-order valence-corrected chi connectivity index (χ4v) is 3.82. The SMILES string of the molecule is CCC(O)[C@H]1O[C@@H](n2c(=O)n(CCS(C)(=O)=O)c3c(=O)[nH]c(N)nc32)[C@H](O)[C@H]1F. The van der Waals surface area contributed by atoms with Gasteiger partial charge in [0.2, 0.25) is 5.95 Å². The van der Waals surface area contributed by atoms with Gasteiger partial charge in [0.05, 0.1) is 11.9 Å². The van der Waals surface area contributed by atoms with Gasteiger partial charge in [-0.1, -0.05) is 6.92 Å². The van der Waals surface area contributed by atoms with Crippen molar-refractivity contribution < 1.29 is 27.8 Å². The average molecular weight is 435 g/mol. The Morgan fingerprint density at radius 1 is 1.41 bits per heavy atom. The topological polar surface area (TPSA) is 183 Å². The third kappa shape index (κ3) is 3.80. The fourth-order valence-electron chi connectivity index (χ4n) is 3.31. The number of nitrogen functional groups attached to an aromatic ring is 1. The Bertz CT molecular complexity index is 1140. The second-order valence-corrected chi connectivity index (χ2v) is 9.22.